The number of nitrogens with one attached hydrogen (secondary N) is 4. The van der Waals surface area contributed by atoms with E-state index in [0.29, 0.717) is 13.0 Å². The van der Waals surface area contributed by atoms with Crippen LogP contribution >= 0.6 is 0 Å². The van der Waals surface area contributed by atoms with Crippen molar-refractivity contribution in [3.63, 3.8) is 0 Å². The van der Waals surface area contributed by atoms with Crippen LogP contribution in [0, 0.1) is 0 Å². The van der Waals surface area contributed by atoms with Crippen LogP contribution in [0.15, 0.2) is 28.0 Å². The molecule has 0 aromatic carbocycles. The van der Waals surface area contributed by atoms with Crippen molar-refractivity contribution < 1.29 is 4.79 Å². The van der Waals surface area contributed by atoms with Crippen molar-refractivity contribution in [2.75, 3.05) is 6.54 Å². The lowest BCUT2D eigenvalue weighted by molar-refractivity contribution is -0.120. The summed E-state index contributed by atoms with van der Waals surface area (Å²) in [6.45, 7) is 0.430. The highest BCUT2D eigenvalue weighted by molar-refractivity contribution is 5.77. The summed E-state index contributed by atoms with van der Waals surface area (Å²) in [6, 6.07) is 1.19. The Balaban J connectivity index is 1.84. The number of nitrogens with zero attached hydrogens (tertiary/aromatic N) is 1. The van der Waals surface area contributed by atoms with E-state index in [1.165, 1.54) is 6.07 Å². The maximum absolute atomic E-state index is 11.6. The fraction of sp³-hybridized carbons (Fsp3) is 0.273. The van der Waals surface area contributed by atoms with Gasteiger partial charge in [0.25, 0.3) is 5.56 Å². The predicted octanol–water partition coefficient (Wildman–Crippen LogP) is -1.31. The quantitative estimate of drug-likeness (QED) is 0.534. The Kier molecular flexibility index (Phi) is 3.91. The number of carbonyl (C=O) groups is 1. The Morgan fingerprint density at radius 3 is 2.84 bits per heavy atom. The number of carbonyl (C=O) groups excluding carboxylic acids is 1. The molecule has 0 radical (unpaired) electrons. The van der Waals surface area contributed by atoms with Gasteiger partial charge in [-0.2, -0.15) is 0 Å². The van der Waals surface area contributed by atoms with Gasteiger partial charge in [0, 0.05) is 37.1 Å². The summed E-state index contributed by atoms with van der Waals surface area (Å²) >= 11 is 0. The van der Waals surface area contributed by atoms with Crippen molar-refractivity contribution in [2.45, 2.75) is 12.8 Å². The van der Waals surface area contributed by atoms with Gasteiger partial charge in [0.05, 0.1) is 6.42 Å². The lowest BCUT2D eigenvalue weighted by atomic mass is 10.3. The highest BCUT2D eigenvalue weighted by atomic mass is 16.2. The maximum Gasteiger partial charge on any atom is 0.325 e. The molecule has 0 bridgehead atoms. The second-order valence-electron chi connectivity index (χ2n) is 3.93. The van der Waals surface area contributed by atoms with Gasteiger partial charge in [0.15, 0.2) is 0 Å². The molecule has 0 aliphatic carbocycles. The third kappa shape index (κ3) is 3.95. The molecule has 0 saturated carbocycles. The first kappa shape index (κ1) is 12.8. The molecule has 2 aromatic rings. The van der Waals surface area contributed by atoms with E-state index in [2.05, 4.69) is 20.3 Å². The standard InChI is InChI=1S/C11H13N5O3/c17-9(14-2-1-8-12-3-4-13-8)5-7-6-10(18)16-11(19)15-7/h3-4,6H,1-2,5H2,(H,12,13)(H,14,17)(H2,15,16,18,19). The minimum atomic E-state index is -0.620. The van der Waals surface area contributed by atoms with E-state index in [0.717, 1.165) is 5.82 Å². The van der Waals surface area contributed by atoms with Crippen molar-refractivity contribution in [3.8, 4) is 0 Å². The third-order valence-electron chi connectivity index (χ3n) is 2.41. The number of aromatic nitrogens is 4. The van der Waals surface area contributed by atoms with Crippen molar-refractivity contribution in [1.82, 2.24) is 25.3 Å². The monoisotopic (exact) mass is 263 g/mol. The molecular formula is C11H13N5O3. The van der Waals surface area contributed by atoms with Crippen LogP contribution < -0.4 is 16.6 Å². The number of aromatic amines is 3. The molecule has 0 aliphatic heterocycles. The summed E-state index contributed by atoms with van der Waals surface area (Å²) in [4.78, 5) is 45.0. The summed E-state index contributed by atoms with van der Waals surface area (Å²) in [5.74, 6) is 0.512. The zero-order valence-corrected chi connectivity index (χ0v) is 10.0. The van der Waals surface area contributed by atoms with Gasteiger partial charge in [-0.1, -0.05) is 0 Å². The number of hydrogen-bond donors (Lipinski definition) is 4. The molecule has 0 atom stereocenters. The smallest absolute Gasteiger partial charge is 0.325 e. The molecule has 2 rings (SSSR count). The molecule has 4 N–H and O–H groups in total. The van der Waals surface area contributed by atoms with E-state index < -0.39 is 11.2 Å². The highest BCUT2D eigenvalue weighted by Gasteiger charge is 2.05. The number of amides is 1. The van der Waals surface area contributed by atoms with Gasteiger partial charge in [0.2, 0.25) is 5.91 Å². The molecule has 0 aliphatic rings. The Bertz CT molecular complexity index is 627. The van der Waals surface area contributed by atoms with Gasteiger partial charge in [-0.05, 0) is 0 Å². The Morgan fingerprint density at radius 1 is 1.32 bits per heavy atom. The van der Waals surface area contributed by atoms with Gasteiger partial charge < -0.3 is 15.3 Å². The maximum atomic E-state index is 11.6. The molecule has 1 amide bonds. The molecule has 19 heavy (non-hydrogen) atoms. The number of imidazole rings is 1. The van der Waals surface area contributed by atoms with E-state index in [4.69, 9.17) is 0 Å². The lowest BCUT2D eigenvalue weighted by Crippen LogP contribution is -2.30. The average molecular weight is 263 g/mol. The van der Waals surface area contributed by atoms with Gasteiger partial charge in [0.1, 0.15) is 5.82 Å². The fourth-order valence-corrected chi connectivity index (χ4v) is 1.61. The second-order valence-corrected chi connectivity index (χ2v) is 3.93. The van der Waals surface area contributed by atoms with Crippen molar-refractivity contribution >= 4 is 5.91 Å². The molecule has 2 heterocycles. The zero-order valence-electron chi connectivity index (χ0n) is 10.0. The summed E-state index contributed by atoms with van der Waals surface area (Å²) in [5, 5.41) is 2.68. The van der Waals surface area contributed by atoms with Crippen LogP contribution in [0.5, 0.6) is 0 Å². The van der Waals surface area contributed by atoms with E-state index in [1.807, 2.05) is 4.98 Å². The van der Waals surface area contributed by atoms with Crippen molar-refractivity contribution in [1.29, 1.82) is 0 Å². The molecule has 0 fully saturated rings. The Morgan fingerprint density at radius 2 is 2.16 bits per heavy atom. The van der Waals surface area contributed by atoms with E-state index in [9.17, 15) is 14.4 Å². The van der Waals surface area contributed by atoms with E-state index in [1.54, 1.807) is 12.4 Å². The first-order chi connectivity index (χ1) is 9.13. The normalized spacial score (nSPS) is 10.3. The molecule has 0 spiro atoms. The molecule has 100 valence electrons. The lowest BCUT2D eigenvalue weighted by Gasteiger charge is -2.03. The van der Waals surface area contributed by atoms with E-state index in [-0.39, 0.29) is 18.0 Å². The van der Waals surface area contributed by atoms with Crippen LogP contribution in [0.4, 0.5) is 0 Å². The van der Waals surface area contributed by atoms with Crippen LogP contribution in [-0.2, 0) is 17.6 Å². The Labute approximate surface area is 107 Å². The van der Waals surface area contributed by atoms with Crippen LogP contribution in [-0.4, -0.2) is 32.4 Å². The van der Waals surface area contributed by atoms with Gasteiger partial charge >= 0.3 is 5.69 Å². The first-order valence-electron chi connectivity index (χ1n) is 5.71. The predicted molar refractivity (Wildman–Crippen MR) is 66.7 cm³/mol. The topological polar surface area (TPSA) is 124 Å². The van der Waals surface area contributed by atoms with Gasteiger partial charge in [-0.15, -0.1) is 0 Å². The third-order valence-corrected chi connectivity index (χ3v) is 2.41. The number of H-pyrrole nitrogens is 3. The molecule has 0 unspecified atom stereocenters. The Hall–Kier alpha value is -2.64. The first-order valence-corrected chi connectivity index (χ1v) is 5.71. The number of hydrogen-bond acceptors (Lipinski definition) is 4. The SMILES string of the molecule is O=C(Cc1cc(=O)[nH]c(=O)[nH]1)NCCc1ncc[nH]1. The fourth-order valence-electron chi connectivity index (χ4n) is 1.61. The van der Waals surface area contributed by atoms with Crippen LogP contribution in [0.25, 0.3) is 0 Å². The summed E-state index contributed by atoms with van der Waals surface area (Å²) < 4.78 is 0. The number of rotatable bonds is 5. The minimum Gasteiger partial charge on any atom is -0.355 e. The largest absolute Gasteiger partial charge is 0.355 e. The van der Waals surface area contributed by atoms with Crippen molar-refractivity contribution in [3.05, 3.63) is 50.8 Å². The second kappa shape index (κ2) is 5.80. The summed E-state index contributed by atoms with van der Waals surface area (Å²) in [5.41, 5.74) is -0.864. The molecule has 0 saturated heterocycles. The summed E-state index contributed by atoms with van der Waals surface area (Å²) in [6.07, 6.45) is 3.89. The molecule has 2 aromatic heterocycles. The van der Waals surface area contributed by atoms with Crippen LogP contribution in [0.2, 0.25) is 0 Å². The van der Waals surface area contributed by atoms with Gasteiger partial charge in [-0.3, -0.25) is 14.6 Å². The van der Waals surface area contributed by atoms with Gasteiger partial charge in [-0.25, -0.2) is 9.78 Å². The molecule has 8 nitrogen and oxygen atoms in total. The summed E-state index contributed by atoms with van der Waals surface area (Å²) in [7, 11) is 0. The highest BCUT2D eigenvalue weighted by Crippen LogP contribution is 1.90. The van der Waals surface area contributed by atoms with Crippen LogP contribution in [0.1, 0.15) is 11.5 Å². The van der Waals surface area contributed by atoms with E-state index >= 15 is 0 Å². The zero-order chi connectivity index (χ0) is 13.7. The average Bonchev–Trinajstić information content (AvgIpc) is 2.80. The molecular weight excluding hydrogens is 250 g/mol. The van der Waals surface area contributed by atoms with Crippen molar-refractivity contribution in [2.24, 2.45) is 0 Å². The minimum absolute atomic E-state index is 0.0443. The molecule has 8 heteroatoms. The van der Waals surface area contributed by atoms with Crippen LogP contribution in [0.3, 0.4) is 0 Å².